The number of carbonyl (C=O) groups excluding carboxylic acids is 2. The fourth-order valence-corrected chi connectivity index (χ4v) is 2.16. The Balaban J connectivity index is 2.04. The predicted octanol–water partition coefficient (Wildman–Crippen LogP) is 4.05. The summed E-state index contributed by atoms with van der Waals surface area (Å²) in [6.45, 7) is 3.75. The van der Waals surface area contributed by atoms with E-state index in [1.165, 1.54) is 6.08 Å². The second-order valence-electron chi connectivity index (χ2n) is 4.70. The summed E-state index contributed by atoms with van der Waals surface area (Å²) in [4.78, 5) is 23.3. The van der Waals surface area contributed by atoms with Gasteiger partial charge in [-0.1, -0.05) is 41.9 Å². The summed E-state index contributed by atoms with van der Waals surface area (Å²) < 4.78 is 0. The zero-order valence-electron chi connectivity index (χ0n) is 12.1. The fraction of sp³-hybridized carbons (Fsp3) is 0.0588. The Hall–Kier alpha value is -2.30. The number of hydrogen-bond acceptors (Lipinski definition) is 2. The smallest absolute Gasteiger partial charge is 0.255 e. The molecular formula is C17H14Cl2N2O2. The van der Waals surface area contributed by atoms with Gasteiger partial charge in [0, 0.05) is 17.1 Å². The lowest BCUT2D eigenvalue weighted by Crippen LogP contribution is -2.20. The van der Waals surface area contributed by atoms with Gasteiger partial charge in [0.2, 0.25) is 5.91 Å². The monoisotopic (exact) mass is 348 g/mol. The minimum Gasteiger partial charge on any atom is -0.348 e. The highest BCUT2D eigenvalue weighted by Gasteiger charge is 2.09. The Labute approximate surface area is 144 Å². The van der Waals surface area contributed by atoms with Crippen molar-refractivity contribution in [2.45, 2.75) is 6.54 Å². The van der Waals surface area contributed by atoms with Gasteiger partial charge in [-0.2, -0.15) is 0 Å². The van der Waals surface area contributed by atoms with E-state index in [9.17, 15) is 9.59 Å². The molecule has 23 heavy (non-hydrogen) atoms. The standard InChI is InChI=1S/C17H14Cl2N2O2/c1-2-16(22)20-10-11-3-5-12(6-4-11)17(23)21-15-9-13(18)7-8-14(15)19/h2-9H,1,10H2,(H,20,22)(H,21,23). The van der Waals surface area contributed by atoms with E-state index in [0.717, 1.165) is 5.56 Å². The molecule has 0 atom stereocenters. The fourth-order valence-electron chi connectivity index (χ4n) is 1.82. The van der Waals surface area contributed by atoms with Gasteiger partial charge in [-0.15, -0.1) is 0 Å². The first kappa shape index (κ1) is 17.1. The zero-order chi connectivity index (χ0) is 16.8. The van der Waals surface area contributed by atoms with Gasteiger partial charge in [0.05, 0.1) is 10.7 Å². The van der Waals surface area contributed by atoms with Crippen LogP contribution in [0.5, 0.6) is 0 Å². The maximum Gasteiger partial charge on any atom is 0.255 e. The van der Waals surface area contributed by atoms with Crippen molar-refractivity contribution in [2.24, 2.45) is 0 Å². The number of amides is 2. The molecule has 0 unspecified atom stereocenters. The average Bonchev–Trinajstić information content (AvgIpc) is 2.56. The van der Waals surface area contributed by atoms with Crippen molar-refractivity contribution in [1.82, 2.24) is 5.32 Å². The maximum absolute atomic E-state index is 12.2. The van der Waals surface area contributed by atoms with Gasteiger partial charge >= 0.3 is 0 Å². The summed E-state index contributed by atoms with van der Waals surface area (Å²) in [6.07, 6.45) is 1.20. The van der Waals surface area contributed by atoms with Crippen LogP contribution in [-0.2, 0) is 11.3 Å². The molecule has 2 rings (SSSR count). The molecule has 118 valence electrons. The van der Waals surface area contributed by atoms with E-state index >= 15 is 0 Å². The van der Waals surface area contributed by atoms with E-state index in [2.05, 4.69) is 17.2 Å². The second-order valence-corrected chi connectivity index (χ2v) is 5.54. The van der Waals surface area contributed by atoms with Crippen LogP contribution >= 0.6 is 23.2 Å². The van der Waals surface area contributed by atoms with Crippen LogP contribution in [0.15, 0.2) is 55.1 Å². The Morgan fingerprint density at radius 3 is 2.43 bits per heavy atom. The SMILES string of the molecule is C=CC(=O)NCc1ccc(C(=O)Nc2cc(Cl)ccc2Cl)cc1. The topological polar surface area (TPSA) is 58.2 Å². The molecule has 0 aliphatic rings. The highest BCUT2D eigenvalue weighted by molar-refractivity contribution is 6.35. The molecule has 0 bridgehead atoms. The molecule has 4 nitrogen and oxygen atoms in total. The number of benzene rings is 2. The Morgan fingerprint density at radius 1 is 1.09 bits per heavy atom. The summed E-state index contributed by atoms with van der Waals surface area (Å²) in [5.74, 6) is -0.543. The van der Waals surface area contributed by atoms with Crippen LogP contribution < -0.4 is 10.6 Å². The van der Waals surface area contributed by atoms with Gasteiger partial charge in [-0.05, 0) is 42.0 Å². The lowest BCUT2D eigenvalue weighted by molar-refractivity contribution is -0.116. The first-order valence-electron chi connectivity index (χ1n) is 6.75. The van der Waals surface area contributed by atoms with E-state index in [0.29, 0.717) is 27.8 Å². The Bertz CT molecular complexity index is 743. The minimum atomic E-state index is -0.296. The van der Waals surface area contributed by atoms with E-state index in [-0.39, 0.29) is 11.8 Å². The van der Waals surface area contributed by atoms with Crippen LogP contribution in [0.4, 0.5) is 5.69 Å². The summed E-state index contributed by atoms with van der Waals surface area (Å²) in [6, 6.07) is 11.7. The van der Waals surface area contributed by atoms with Crippen LogP contribution in [0.3, 0.4) is 0 Å². The number of rotatable bonds is 5. The highest BCUT2D eigenvalue weighted by atomic mass is 35.5. The van der Waals surface area contributed by atoms with Crippen molar-refractivity contribution >= 4 is 40.7 Å². The number of hydrogen-bond donors (Lipinski definition) is 2. The molecule has 0 heterocycles. The van der Waals surface area contributed by atoms with Gasteiger partial charge in [0.15, 0.2) is 0 Å². The second kappa shape index (κ2) is 7.81. The van der Waals surface area contributed by atoms with E-state index < -0.39 is 0 Å². The molecule has 0 spiro atoms. The maximum atomic E-state index is 12.2. The normalized spacial score (nSPS) is 10.0. The van der Waals surface area contributed by atoms with Gasteiger partial charge in [0.25, 0.3) is 5.91 Å². The van der Waals surface area contributed by atoms with Crippen molar-refractivity contribution in [1.29, 1.82) is 0 Å². The molecule has 0 aliphatic carbocycles. The number of nitrogens with one attached hydrogen (secondary N) is 2. The van der Waals surface area contributed by atoms with Crippen molar-refractivity contribution < 1.29 is 9.59 Å². The van der Waals surface area contributed by atoms with Gasteiger partial charge in [-0.3, -0.25) is 9.59 Å². The van der Waals surface area contributed by atoms with Gasteiger partial charge < -0.3 is 10.6 Å². The molecule has 0 aromatic heterocycles. The van der Waals surface area contributed by atoms with Crippen LogP contribution in [0.25, 0.3) is 0 Å². The molecule has 6 heteroatoms. The largest absolute Gasteiger partial charge is 0.348 e. The molecule has 2 aromatic carbocycles. The lowest BCUT2D eigenvalue weighted by atomic mass is 10.1. The van der Waals surface area contributed by atoms with Crippen LogP contribution in [0.2, 0.25) is 10.0 Å². The third kappa shape index (κ3) is 4.84. The summed E-state index contributed by atoms with van der Waals surface area (Å²) >= 11 is 11.9. The minimum absolute atomic E-state index is 0.248. The van der Waals surface area contributed by atoms with Crippen molar-refractivity contribution in [3.63, 3.8) is 0 Å². The molecule has 2 N–H and O–H groups in total. The number of carbonyl (C=O) groups is 2. The van der Waals surface area contributed by atoms with Crippen LogP contribution in [0.1, 0.15) is 15.9 Å². The van der Waals surface area contributed by atoms with Crippen LogP contribution in [-0.4, -0.2) is 11.8 Å². The van der Waals surface area contributed by atoms with E-state index in [4.69, 9.17) is 23.2 Å². The molecule has 0 aliphatic heterocycles. The third-order valence-electron chi connectivity index (χ3n) is 3.04. The van der Waals surface area contributed by atoms with Crippen molar-refractivity contribution in [3.8, 4) is 0 Å². The first-order chi connectivity index (χ1) is 11.0. The highest BCUT2D eigenvalue weighted by Crippen LogP contribution is 2.25. The Kier molecular flexibility index (Phi) is 5.79. The third-order valence-corrected chi connectivity index (χ3v) is 3.61. The summed E-state index contributed by atoms with van der Waals surface area (Å²) in [7, 11) is 0. The summed E-state index contributed by atoms with van der Waals surface area (Å²) in [5, 5.41) is 6.26. The molecule has 0 fully saturated rings. The van der Waals surface area contributed by atoms with Crippen molar-refractivity contribution in [3.05, 3.63) is 76.3 Å². The lowest BCUT2D eigenvalue weighted by Gasteiger charge is -2.08. The quantitative estimate of drug-likeness (QED) is 0.800. The molecule has 0 saturated carbocycles. The summed E-state index contributed by atoms with van der Waals surface area (Å²) in [5.41, 5.74) is 1.80. The molecule has 2 aromatic rings. The Morgan fingerprint density at radius 2 is 1.78 bits per heavy atom. The molecule has 2 amide bonds. The van der Waals surface area contributed by atoms with Crippen LogP contribution in [0, 0.1) is 0 Å². The molecule has 0 radical (unpaired) electrons. The predicted molar refractivity (Wildman–Crippen MR) is 92.9 cm³/mol. The number of anilines is 1. The first-order valence-corrected chi connectivity index (χ1v) is 7.51. The van der Waals surface area contributed by atoms with Gasteiger partial charge in [0.1, 0.15) is 0 Å². The average molecular weight is 349 g/mol. The molecule has 0 saturated heterocycles. The van der Waals surface area contributed by atoms with Gasteiger partial charge in [-0.25, -0.2) is 0 Å². The van der Waals surface area contributed by atoms with E-state index in [1.54, 1.807) is 42.5 Å². The zero-order valence-corrected chi connectivity index (χ0v) is 13.6. The number of halogens is 2. The van der Waals surface area contributed by atoms with Crippen molar-refractivity contribution in [2.75, 3.05) is 5.32 Å². The molecular weight excluding hydrogens is 335 g/mol. The van der Waals surface area contributed by atoms with E-state index in [1.807, 2.05) is 0 Å².